The standard InChI is InChI=1S/C17H18N6O2/c1-17(2,20-12-6-4-5-11(9-12)15(24)25)16-22-21-14(23(16)3)13-7-8-18-10-19-13/h4-10,20H,1-3H3,(H,24,25). The summed E-state index contributed by atoms with van der Waals surface area (Å²) in [6, 6.07) is 8.42. The van der Waals surface area contributed by atoms with Gasteiger partial charge in [-0.3, -0.25) is 0 Å². The van der Waals surface area contributed by atoms with Gasteiger partial charge in [-0.1, -0.05) is 6.07 Å². The molecule has 0 bridgehead atoms. The highest BCUT2D eigenvalue weighted by Gasteiger charge is 2.28. The van der Waals surface area contributed by atoms with Crippen molar-refractivity contribution < 1.29 is 9.90 Å². The predicted molar refractivity (Wildman–Crippen MR) is 92.1 cm³/mol. The minimum atomic E-state index is -0.967. The molecule has 0 fully saturated rings. The lowest BCUT2D eigenvalue weighted by Crippen LogP contribution is -2.31. The van der Waals surface area contributed by atoms with Crippen molar-refractivity contribution in [2.45, 2.75) is 19.4 Å². The third kappa shape index (κ3) is 3.32. The summed E-state index contributed by atoms with van der Waals surface area (Å²) in [6.45, 7) is 3.91. The van der Waals surface area contributed by atoms with Gasteiger partial charge in [0.2, 0.25) is 0 Å². The second kappa shape index (κ2) is 6.31. The summed E-state index contributed by atoms with van der Waals surface area (Å²) in [6.07, 6.45) is 3.11. The number of benzene rings is 1. The summed E-state index contributed by atoms with van der Waals surface area (Å²) < 4.78 is 1.86. The Morgan fingerprint density at radius 3 is 2.72 bits per heavy atom. The number of anilines is 1. The number of carboxylic acids is 1. The van der Waals surface area contributed by atoms with E-state index in [9.17, 15) is 4.79 Å². The average molecular weight is 338 g/mol. The van der Waals surface area contributed by atoms with Crippen LogP contribution in [0.5, 0.6) is 0 Å². The van der Waals surface area contributed by atoms with E-state index in [2.05, 4.69) is 25.5 Å². The van der Waals surface area contributed by atoms with E-state index < -0.39 is 11.5 Å². The topological polar surface area (TPSA) is 106 Å². The number of nitrogens with zero attached hydrogens (tertiary/aromatic N) is 5. The van der Waals surface area contributed by atoms with E-state index in [1.165, 1.54) is 6.33 Å². The lowest BCUT2D eigenvalue weighted by molar-refractivity contribution is 0.0697. The Kier molecular flexibility index (Phi) is 4.18. The molecule has 0 spiro atoms. The molecule has 1 aromatic carbocycles. The average Bonchev–Trinajstić information content (AvgIpc) is 2.98. The zero-order chi connectivity index (χ0) is 18.0. The highest BCUT2D eigenvalue weighted by atomic mass is 16.4. The van der Waals surface area contributed by atoms with Gasteiger partial charge in [0.1, 0.15) is 12.0 Å². The molecule has 3 rings (SSSR count). The SMILES string of the molecule is Cn1c(-c2ccncn2)nnc1C(C)(C)Nc1cccc(C(=O)O)c1. The molecule has 0 saturated carbocycles. The van der Waals surface area contributed by atoms with Crippen LogP contribution in [0, 0.1) is 0 Å². The predicted octanol–water partition coefficient (Wildman–Crippen LogP) is 2.32. The number of rotatable bonds is 5. The molecule has 25 heavy (non-hydrogen) atoms. The normalized spacial score (nSPS) is 11.3. The summed E-state index contributed by atoms with van der Waals surface area (Å²) in [7, 11) is 1.86. The first-order chi connectivity index (χ1) is 11.9. The van der Waals surface area contributed by atoms with Gasteiger partial charge in [-0.05, 0) is 38.1 Å². The lowest BCUT2D eigenvalue weighted by atomic mass is 10.0. The third-order valence-corrected chi connectivity index (χ3v) is 3.81. The zero-order valence-electron chi connectivity index (χ0n) is 14.1. The Morgan fingerprint density at radius 1 is 1.24 bits per heavy atom. The molecular formula is C17H18N6O2. The second-order valence-electron chi connectivity index (χ2n) is 6.14. The minimum Gasteiger partial charge on any atom is -0.478 e. The number of aromatic carboxylic acids is 1. The number of aromatic nitrogens is 5. The van der Waals surface area contributed by atoms with Gasteiger partial charge in [0.15, 0.2) is 11.6 Å². The summed E-state index contributed by atoms with van der Waals surface area (Å²) in [5, 5.41) is 21.0. The van der Waals surface area contributed by atoms with Crippen molar-refractivity contribution in [1.29, 1.82) is 0 Å². The molecule has 2 heterocycles. The van der Waals surface area contributed by atoms with Gasteiger partial charge in [-0.15, -0.1) is 10.2 Å². The number of hydrogen-bond donors (Lipinski definition) is 2. The summed E-state index contributed by atoms with van der Waals surface area (Å²) in [5.41, 5.74) is 1.02. The van der Waals surface area contributed by atoms with Crippen LogP contribution in [0.15, 0.2) is 42.9 Å². The molecule has 0 aliphatic rings. The maximum absolute atomic E-state index is 11.1. The van der Waals surface area contributed by atoms with Gasteiger partial charge in [0.05, 0.1) is 11.1 Å². The monoisotopic (exact) mass is 338 g/mol. The largest absolute Gasteiger partial charge is 0.478 e. The summed E-state index contributed by atoms with van der Waals surface area (Å²) in [4.78, 5) is 19.2. The van der Waals surface area contributed by atoms with E-state index in [0.717, 1.165) is 0 Å². The van der Waals surface area contributed by atoms with Crippen LogP contribution >= 0.6 is 0 Å². The van der Waals surface area contributed by atoms with E-state index in [1.54, 1.807) is 30.5 Å². The van der Waals surface area contributed by atoms with E-state index in [0.29, 0.717) is 23.0 Å². The van der Waals surface area contributed by atoms with Crippen molar-refractivity contribution in [3.05, 3.63) is 54.2 Å². The van der Waals surface area contributed by atoms with E-state index >= 15 is 0 Å². The fourth-order valence-corrected chi connectivity index (χ4v) is 2.67. The fraction of sp³-hybridized carbons (Fsp3) is 0.235. The number of carboxylic acid groups (broad SMARTS) is 1. The summed E-state index contributed by atoms with van der Waals surface area (Å²) >= 11 is 0. The van der Waals surface area contributed by atoms with Crippen LogP contribution in [-0.4, -0.2) is 35.8 Å². The van der Waals surface area contributed by atoms with Gasteiger partial charge in [0.25, 0.3) is 0 Å². The highest BCUT2D eigenvalue weighted by Crippen LogP contribution is 2.26. The number of nitrogens with one attached hydrogen (secondary N) is 1. The molecule has 0 aliphatic carbocycles. The molecule has 8 heteroatoms. The van der Waals surface area contributed by atoms with Crippen LogP contribution in [-0.2, 0) is 12.6 Å². The molecule has 3 aromatic rings. The molecule has 0 unspecified atom stereocenters. The molecule has 0 radical (unpaired) electrons. The van der Waals surface area contributed by atoms with E-state index in [-0.39, 0.29) is 5.56 Å². The second-order valence-corrected chi connectivity index (χ2v) is 6.14. The van der Waals surface area contributed by atoms with Gasteiger partial charge in [-0.2, -0.15) is 0 Å². The van der Waals surface area contributed by atoms with E-state index in [4.69, 9.17) is 5.11 Å². The quantitative estimate of drug-likeness (QED) is 0.735. The molecule has 2 aromatic heterocycles. The molecule has 0 atom stereocenters. The number of hydrogen-bond acceptors (Lipinski definition) is 6. The van der Waals surface area contributed by atoms with Crippen LogP contribution in [0.1, 0.15) is 30.0 Å². The van der Waals surface area contributed by atoms with Crippen molar-refractivity contribution in [1.82, 2.24) is 24.7 Å². The van der Waals surface area contributed by atoms with Crippen molar-refractivity contribution in [3.63, 3.8) is 0 Å². The fourth-order valence-electron chi connectivity index (χ4n) is 2.67. The Balaban J connectivity index is 1.92. The first-order valence-electron chi connectivity index (χ1n) is 7.66. The molecular weight excluding hydrogens is 320 g/mol. The lowest BCUT2D eigenvalue weighted by Gasteiger charge is -2.26. The highest BCUT2D eigenvalue weighted by molar-refractivity contribution is 5.88. The van der Waals surface area contributed by atoms with Crippen molar-refractivity contribution in [2.24, 2.45) is 7.05 Å². The summed E-state index contributed by atoms with van der Waals surface area (Å²) in [5.74, 6) is 0.361. The van der Waals surface area contributed by atoms with Gasteiger partial charge >= 0.3 is 5.97 Å². The van der Waals surface area contributed by atoms with Crippen LogP contribution in [0.25, 0.3) is 11.5 Å². The molecule has 0 amide bonds. The zero-order valence-corrected chi connectivity index (χ0v) is 14.1. The van der Waals surface area contributed by atoms with Crippen LogP contribution in [0.4, 0.5) is 5.69 Å². The Bertz CT molecular complexity index is 905. The van der Waals surface area contributed by atoms with Gasteiger partial charge in [-0.25, -0.2) is 14.8 Å². The molecule has 0 saturated heterocycles. The first-order valence-corrected chi connectivity index (χ1v) is 7.66. The van der Waals surface area contributed by atoms with E-state index in [1.807, 2.05) is 31.5 Å². The van der Waals surface area contributed by atoms with Crippen molar-refractivity contribution in [2.75, 3.05) is 5.32 Å². The van der Waals surface area contributed by atoms with Gasteiger partial charge < -0.3 is 15.0 Å². The molecule has 0 aliphatic heterocycles. The van der Waals surface area contributed by atoms with Crippen LogP contribution in [0.3, 0.4) is 0 Å². The van der Waals surface area contributed by atoms with Crippen LogP contribution in [0.2, 0.25) is 0 Å². The minimum absolute atomic E-state index is 0.223. The van der Waals surface area contributed by atoms with Crippen molar-refractivity contribution in [3.8, 4) is 11.5 Å². The maximum Gasteiger partial charge on any atom is 0.335 e. The number of carbonyl (C=O) groups is 1. The Labute approximate surface area is 144 Å². The third-order valence-electron chi connectivity index (χ3n) is 3.81. The first kappa shape index (κ1) is 16.6. The smallest absolute Gasteiger partial charge is 0.335 e. The van der Waals surface area contributed by atoms with Crippen molar-refractivity contribution >= 4 is 11.7 Å². The molecule has 2 N–H and O–H groups in total. The Morgan fingerprint density at radius 2 is 2.04 bits per heavy atom. The molecule has 8 nitrogen and oxygen atoms in total. The maximum atomic E-state index is 11.1. The Hall–Kier alpha value is -3.29. The van der Waals surface area contributed by atoms with Crippen LogP contribution < -0.4 is 5.32 Å². The molecule has 128 valence electrons. The van der Waals surface area contributed by atoms with Gasteiger partial charge in [0, 0.05) is 18.9 Å².